The lowest BCUT2D eigenvalue weighted by Crippen LogP contribution is -2.15. The first-order valence-electron chi connectivity index (χ1n) is 6.70. The Balaban J connectivity index is 2.31. The first-order chi connectivity index (χ1) is 10.6. The molecule has 1 amide bonds. The molecule has 0 bridgehead atoms. The summed E-state index contributed by atoms with van der Waals surface area (Å²) in [4.78, 5) is 25.1. The predicted octanol–water partition coefficient (Wildman–Crippen LogP) is 3.76. The molecule has 0 atom stereocenters. The molecule has 0 aromatic heterocycles. The van der Waals surface area contributed by atoms with Gasteiger partial charge in [0.05, 0.1) is 18.2 Å². The molecule has 0 fully saturated rings. The Bertz CT molecular complexity index is 713. The van der Waals surface area contributed by atoms with Gasteiger partial charge < -0.3 is 10.1 Å². The molecule has 0 unspecified atom stereocenters. The van der Waals surface area contributed by atoms with Crippen molar-refractivity contribution in [3.05, 3.63) is 59.2 Å². The Morgan fingerprint density at radius 2 is 1.73 bits per heavy atom. The standard InChI is InChI=1S/C17H17NO3S/c1-11-12(17(20)21-2)8-6-9-14(11)18-16(19)13-7-4-5-10-15(13)22-3/h4-10H,1-3H3,(H,18,19). The number of esters is 1. The van der Waals surface area contributed by atoms with Gasteiger partial charge in [-0.15, -0.1) is 11.8 Å². The average Bonchev–Trinajstić information content (AvgIpc) is 2.55. The number of anilines is 1. The second-order valence-electron chi connectivity index (χ2n) is 4.62. The van der Waals surface area contributed by atoms with Crippen molar-refractivity contribution in [2.24, 2.45) is 0 Å². The van der Waals surface area contributed by atoms with Crippen LogP contribution in [0.3, 0.4) is 0 Å². The fourth-order valence-electron chi connectivity index (χ4n) is 2.12. The minimum absolute atomic E-state index is 0.199. The molecule has 22 heavy (non-hydrogen) atoms. The molecule has 0 saturated heterocycles. The second-order valence-corrected chi connectivity index (χ2v) is 5.47. The quantitative estimate of drug-likeness (QED) is 0.689. The highest BCUT2D eigenvalue weighted by atomic mass is 32.2. The molecule has 0 aliphatic rings. The summed E-state index contributed by atoms with van der Waals surface area (Å²) in [6, 6.07) is 12.6. The zero-order valence-electron chi connectivity index (χ0n) is 12.7. The fraction of sp³-hybridized carbons (Fsp3) is 0.176. The van der Waals surface area contributed by atoms with Crippen LogP contribution in [0.4, 0.5) is 5.69 Å². The van der Waals surface area contributed by atoms with Crippen LogP contribution in [0.5, 0.6) is 0 Å². The molecule has 0 spiro atoms. The summed E-state index contributed by atoms with van der Waals surface area (Å²) in [5.74, 6) is -0.617. The second kappa shape index (κ2) is 7.13. The molecular formula is C17H17NO3S. The Hall–Kier alpha value is -2.27. The number of carbonyl (C=O) groups excluding carboxylic acids is 2. The molecule has 2 aromatic rings. The third-order valence-corrected chi connectivity index (χ3v) is 4.13. The van der Waals surface area contributed by atoms with E-state index in [4.69, 9.17) is 4.74 Å². The molecule has 1 N–H and O–H groups in total. The van der Waals surface area contributed by atoms with Gasteiger partial charge in [-0.2, -0.15) is 0 Å². The van der Waals surface area contributed by atoms with Crippen LogP contribution in [0, 0.1) is 6.92 Å². The topological polar surface area (TPSA) is 55.4 Å². The van der Waals surface area contributed by atoms with E-state index in [9.17, 15) is 9.59 Å². The van der Waals surface area contributed by atoms with Crippen LogP contribution < -0.4 is 5.32 Å². The van der Waals surface area contributed by atoms with E-state index in [0.717, 1.165) is 4.90 Å². The van der Waals surface area contributed by atoms with Crippen LogP contribution in [-0.4, -0.2) is 25.2 Å². The maximum absolute atomic E-state index is 12.5. The van der Waals surface area contributed by atoms with Gasteiger partial charge in [-0.25, -0.2) is 4.79 Å². The van der Waals surface area contributed by atoms with E-state index >= 15 is 0 Å². The zero-order valence-corrected chi connectivity index (χ0v) is 13.5. The van der Waals surface area contributed by atoms with Crippen LogP contribution in [0.1, 0.15) is 26.3 Å². The van der Waals surface area contributed by atoms with Crippen LogP contribution >= 0.6 is 11.8 Å². The minimum atomic E-state index is -0.418. The van der Waals surface area contributed by atoms with Crippen molar-refractivity contribution in [2.45, 2.75) is 11.8 Å². The highest BCUT2D eigenvalue weighted by molar-refractivity contribution is 7.98. The van der Waals surface area contributed by atoms with Crippen LogP contribution in [-0.2, 0) is 4.74 Å². The normalized spacial score (nSPS) is 10.1. The summed E-state index contributed by atoms with van der Waals surface area (Å²) in [7, 11) is 1.34. The van der Waals surface area contributed by atoms with Crippen molar-refractivity contribution in [1.29, 1.82) is 0 Å². The Morgan fingerprint density at radius 3 is 2.41 bits per heavy atom. The molecule has 0 heterocycles. The van der Waals surface area contributed by atoms with Crippen molar-refractivity contribution < 1.29 is 14.3 Å². The van der Waals surface area contributed by atoms with Gasteiger partial charge in [0.15, 0.2) is 0 Å². The lowest BCUT2D eigenvalue weighted by molar-refractivity contribution is 0.0599. The van der Waals surface area contributed by atoms with E-state index in [0.29, 0.717) is 22.4 Å². The third-order valence-electron chi connectivity index (χ3n) is 3.34. The Labute approximate surface area is 133 Å². The first-order valence-corrected chi connectivity index (χ1v) is 7.93. The van der Waals surface area contributed by atoms with Crippen molar-refractivity contribution in [1.82, 2.24) is 0 Å². The monoisotopic (exact) mass is 315 g/mol. The summed E-state index contributed by atoms with van der Waals surface area (Å²) < 4.78 is 4.74. The van der Waals surface area contributed by atoms with Gasteiger partial charge in [-0.05, 0) is 43.0 Å². The smallest absolute Gasteiger partial charge is 0.338 e. The number of rotatable bonds is 4. The van der Waals surface area contributed by atoms with Crippen LogP contribution in [0.25, 0.3) is 0 Å². The number of ether oxygens (including phenoxy) is 1. The van der Waals surface area contributed by atoms with Crippen molar-refractivity contribution in [3.8, 4) is 0 Å². The maximum Gasteiger partial charge on any atom is 0.338 e. The summed E-state index contributed by atoms with van der Waals surface area (Å²) in [5.41, 5.74) is 2.34. The molecule has 0 saturated carbocycles. The van der Waals surface area contributed by atoms with E-state index in [1.54, 1.807) is 31.2 Å². The number of benzene rings is 2. The molecule has 0 radical (unpaired) electrons. The molecule has 0 aliphatic carbocycles. The van der Waals surface area contributed by atoms with Gasteiger partial charge in [0.1, 0.15) is 0 Å². The molecule has 114 valence electrons. The number of nitrogens with one attached hydrogen (secondary N) is 1. The highest BCUT2D eigenvalue weighted by Crippen LogP contribution is 2.23. The first kappa shape index (κ1) is 16.1. The van der Waals surface area contributed by atoms with Gasteiger partial charge >= 0.3 is 5.97 Å². The Morgan fingerprint density at radius 1 is 1.05 bits per heavy atom. The largest absolute Gasteiger partial charge is 0.465 e. The fourth-order valence-corrected chi connectivity index (χ4v) is 2.72. The van der Waals surface area contributed by atoms with E-state index in [2.05, 4.69) is 5.32 Å². The number of hydrogen-bond donors (Lipinski definition) is 1. The van der Waals surface area contributed by atoms with Gasteiger partial charge in [-0.3, -0.25) is 4.79 Å². The molecule has 2 rings (SSSR count). The summed E-state index contributed by atoms with van der Waals surface area (Å²) in [5, 5.41) is 2.86. The van der Waals surface area contributed by atoms with Crippen LogP contribution in [0.2, 0.25) is 0 Å². The minimum Gasteiger partial charge on any atom is -0.465 e. The molecule has 4 nitrogen and oxygen atoms in total. The van der Waals surface area contributed by atoms with Crippen molar-refractivity contribution in [3.63, 3.8) is 0 Å². The molecule has 2 aromatic carbocycles. The number of thioether (sulfide) groups is 1. The summed E-state index contributed by atoms with van der Waals surface area (Å²) >= 11 is 1.52. The van der Waals surface area contributed by atoms with E-state index < -0.39 is 5.97 Å². The van der Waals surface area contributed by atoms with Gasteiger partial charge in [0, 0.05) is 10.6 Å². The average molecular weight is 315 g/mol. The zero-order chi connectivity index (χ0) is 16.1. The van der Waals surface area contributed by atoms with Gasteiger partial charge in [0.25, 0.3) is 5.91 Å². The number of carbonyl (C=O) groups is 2. The third kappa shape index (κ3) is 3.31. The van der Waals surface area contributed by atoms with Crippen LogP contribution in [0.15, 0.2) is 47.4 Å². The van der Waals surface area contributed by atoms with E-state index in [1.807, 2.05) is 24.5 Å². The Kier molecular flexibility index (Phi) is 5.22. The summed E-state index contributed by atoms with van der Waals surface area (Å²) in [6.07, 6.45) is 1.93. The lowest BCUT2D eigenvalue weighted by atomic mass is 10.1. The molecule has 0 aliphatic heterocycles. The number of amides is 1. The number of methoxy groups -OCH3 is 1. The highest BCUT2D eigenvalue weighted by Gasteiger charge is 2.15. The van der Waals surface area contributed by atoms with E-state index in [-0.39, 0.29) is 5.91 Å². The van der Waals surface area contributed by atoms with Gasteiger partial charge in [-0.1, -0.05) is 18.2 Å². The van der Waals surface area contributed by atoms with Crippen molar-refractivity contribution in [2.75, 3.05) is 18.7 Å². The summed E-state index contributed by atoms with van der Waals surface area (Å²) in [6.45, 7) is 1.78. The van der Waals surface area contributed by atoms with Crippen molar-refractivity contribution >= 4 is 29.3 Å². The number of hydrogen-bond acceptors (Lipinski definition) is 4. The van der Waals surface area contributed by atoms with Gasteiger partial charge in [0.2, 0.25) is 0 Å². The predicted molar refractivity (Wildman–Crippen MR) is 88.7 cm³/mol. The SMILES string of the molecule is COC(=O)c1cccc(NC(=O)c2ccccc2SC)c1C. The van der Waals surface area contributed by atoms with E-state index in [1.165, 1.54) is 18.9 Å². The maximum atomic E-state index is 12.5. The lowest BCUT2D eigenvalue weighted by Gasteiger charge is -2.12. The molecule has 5 heteroatoms. The molecular weight excluding hydrogens is 298 g/mol.